The Kier molecular flexibility index (Phi) is 6.87. The van der Waals surface area contributed by atoms with E-state index in [2.05, 4.69) is 5.32 Å². The molecule has 1 atom stereocenters. The zero-order valence-corrected chi connectivity index (χ0v) is 12.4. The highest BCUT2D eigenvalue weighted by molar-refractivity contribution is 7.90. The van der Waals surface area contributed by atoms with E-state index in [4.69, 9.17) is 4.74 Å². The van der Waals surface area contributed by atoms with Gasteiger partial charge in [0.1, 0.15) is 22.2 Å². The molecule has 0 aliphatic rings. The lowest BCUT2D eigenvalue weighted by Gasteiger charge is -2.18. The molecule has 108 valence electrons. The van der Waals surface area contributed by atoms with Gasteiger partial charge in [0.25, 0.3) is 0 Å². The van der Waals surface area contributed by atoms with E-state index in [0.29, 0.717) is 13.0 Å². The summed E-state index contributed by atoms with van der Waals surface area (Å²) in [5, 5.41) is 3.32. The number of benzene rings is 1. The highest BCUT2D eigenvalue weighted by Gasteiger charge is 2.10. The molecule has 1 rings (SSSR count). The fraction of sp³-hybridized carbons (Fsp3) is 0.571. The second kappa shape index (κ2) is 8.17. The number of hydrogen-bond acceptors (Lipinski definition) is 4. The van der Waals surface area contributed by atoms with Crippen molar-refractivity contribution in [2.75, 3.05) is 25.2 Å². The smallest absolute Gasteiger partial charge is 0.147 e. The number of rotatable bonds is 9. The lowest BCUT2D eigenvalue weighted by molar-refractivity contribution is 0.258. The molecular weight excluding hydrogens is 262 g/mol. The standard InChI is InChI=1S/C14H23NO3S/c1-3-15-13(8-7-11-19(2,16)17)12-18-14-9-5-4-6-10-14/h4-6,9-10,13,15H,3,7-8,11-12H2,1-2H3. The van der Waals surface area contributed by atoms with Gasteiger partial charge < -0.3 is 10.1 Å². The van der Waals surface area contributed by atoms with Crippen LogP contribution in [0.15, 0.2) is 30.3 Å². The molecular formula is C14H23NO3S. The van der Waals surface area contributed by atoms with Crippen molar-refractivity contribution in [3.05, 3.63) is 30.3 Å². The molecule has 0 spiro atoms. The molecule has 0 fully saturated rings. The summed E-state index contributed by atoms with van der Waals surface area (Å²) in [7, 11) is -2.87. The second-order valence-electron chi connectivity index (χ2n) is 4.65. The number of ether oxygens (including phenoxy) is 1. The average Bonchev–Trinajstić information content (AvgIpc) is 2.36. The summed E-state index contributed by atoms with van der Waals surface area (Å²) in [6.45, 7) is 3.44. The van der Waals surface area contributed by atoms with E-state index < -0.39 is 9.84 Å². The molecule has 0 saturated heterocycles. The Morgan fingerprint density at radius 3 is 2.53 bits per heavy atom. The monoisotopic (exact) mass is 285 g/mol. The van der Waals surface area contributed by atoms with Gasteiger partial charge in [0.2, 0.25) is 0 Å². The fourth-order valence-corrected chi connectivity index (χ4v) is 2.53. The Morgan fingerprint density at radius 2 is 1.95 bits per heavy atom. The molecule has 0 heterocycles. The SMILES string of the molecule is CCNC(CCCS(C)(=O)=O)COc1ccccc1. The van der Waals surface area contributed by atoms with Crippen molar-refractivity contribution in [3.63, 3.8) is 0 Å². The average molecular weight is 285 g/mol. The summed E-state index contributed by atoms with van der Waals surface area (Å²) in [4.78, 5) is 0. The van der Waals surface area contributed by atoms with Gasteiger partial charge in [-0.05, 0) is 31.5 Å². The third-order valence-electron chi connectivity index (χ3n) is 2.75. The van der Waals surface area contributed by atoms with Crippen LogP contribution >= 0.6 is 0 Å². The summed E-state index contributed by atoms with van der Waals surface area (Å²) < 4.78 is 27.9. The van der Waals surface area contributed by atoms with Crippen molar-refractivity contribution < 1.29 is 13.2 Å². The van der Waals surface area contributed by atoms with E-state index in [0.717, 1.165) is 18.7 Å². The number of sulfone groups is 1. The van der Waals surface area contributed by atoms with Crippen molar-refractivity contribution >= 4 is 9.84 Å². The summed E-state index contributed by atoms with van der Waals surface area (Å²) in [6, 6.07) is 9.83. The normalized spacial score (nSPS) is 13.2. The molecule has 0 aliphatic carbocycles. The van der Waals surface area contributed by atoms with Gasteiger partial charge in [-0.2, -0.15) is 0 Å². The maximum atomic E-state index is 11.1. The van der Waals surface area contributed by atoms with Gasteiger partial charge in [0, 0.05) is 18.1 Å². The van der Waals surface area contributed by atoms with Gasteiger partial charge in [-0.1, -0.05) is 25.1 Å². The van der Waals surface area contributed by atoms with Gasteiger partial charge in [-0.3, -0.25) is 0 Å². The predicted molar refractivity (Wildman–Crippen MR) is 78.3 cm³/mol. The van der Waals surface area contributed by atoms with Crippen LogP contribution in [0.1, 0.15) is 19.8 Å². The zero-order valence-electron chi connectivity index (χ0n) is 11.6. The third-order valence-corrected chi connectivity index (χ3v) is 3.79. The summed E-state index contributed by atoms with van der Waals surface area (Å²) in [5.41, 5.74) is 0. The molecule has 1 aromatic carbocycles. The predicted octanol–water partition coefficient (Wildman–Crippen LogP) is 1.87. The van der Waals surface area contributed by atoms with Crippen LogP contribution < -0.4 is 10.1 Å². The Labute approximate surface area is 116 Å². The van der Waals surface area contributed by atoms with Crippen LogP contribution in [0.25, 0.3) is 0 Å². The minimum absolute atomic E-state index is 0.187. The molecule has 1 N–H and O–H groups in total. The number of likely N-dealkylation sites (N-methyl/N-ethyl adjacent to an activating group) is 1. The molecule has 0 aromatic heterocycles. The number of para-hydroxylation sites is 1. The van der Waals surface area contributed by atoms with Gasteiger partial charge in [-0.25, -0.2) is 8.42 Å². The molecule has 0 radical (unpaired) electrons. The molecule has 5 heteroatoms. The van der Waals surface area contributed by atoms with Crippen molar-refractivity contribution in [1.82, 2.24) is 5.32 Å². The first kappa shape index (κ1) is 16.0. The molecule has 4 nitrogen and oxygen atoms in total. The van der Waals surface area contributed by atoms with Crippen molar-refractivity contribution in [2.24, 2.45) is 0 Å². The maximum Gasteiger partial charge on any atom is 0.147 e. The van der Waals surface area contributed by atoms with Gasteiger partial charge >= 0.3 is 0 Å². The molecule has 0 amide bonds. The molecule has 1 aromatic rings. The van der Waals surface area contributed by atoms with Gasteiger partial charge in [0.15, 0.2) is 0 Å². The highest BCUT2D eigenvalue weighted by atomic mass is 32.2. The zero-order chi connectivity index (χ0) is 14.1. The summed E-state index contributed by atoms with van der Waals surface area (Å²) >= 11 is 0. The van der Waals surface area contributed by atoms with Gasteiger partial charge in [0.05, 0.1) is 0 Å². The third kappa shape index (κ3) is 7.85. The van der Waals surface area contributed by atoms with E-state index in [1.54, 1.807) is 0 Å². The van der Waals surface area contributed by atoms with Crippen LogP contribution in [0.4, 0.5) is 0 Å². The minimum Gasteiger partial charge on any atom is -0.492 e. The second-order valence-corrected chi connectivity index (χ2v) is 6.91. The maximum absolute atomic E-state index is 11.1. The van der Waals surface area contributed by atoms with E-state index in [9.17, 15) is 8.42 Å². The first-order valence-corrected chi connectivity index (χ1v) is 8.66. The topological polar surface area (TPSA) is 55.4 Å². The Bertz CT molecular complexity index is 445. The van der Waals surface area contributed by atoms with Crippen molar-refractivity contribution in [1.29, 1.82) is 0 Å². The van der Waals surface area contributed by atoms with E-state index in [1.165, 1.54) is 6.26 Å². The molecule has 1 unspecified atom stereocenters. The van der Waals surface area contributed by atoms with Crippen molar-refractivity contribution in [2.45, 2.75) is 25.8 Å². The first-order valence-electron chi connectivity index (χ1n) is 6.60. The van der Waals surface area contributed by atoms with E-state index in [-0.39, 0.29) is 11.8 Å². The Morgan fingerprint density at radius 1 is 1.26 bits per heavy atom. The van der Waals surface area contributed by atoms with Crippen LogP contribution in [0.2, 0.25) is 0 Å². The molecule has 0 bridgehead atoms. The summed E-state index contributed by atoms with van der Waals surface area (Å²) in [6.07, 6.45) is 2.73. The van der Waals surface area contributed by atoms with E-state index >= 15 is 0 Å². The van der Waals surface area contributed by atoms with Crippen LogP contribution in [-0.4, -0.2) is 39.6 Å². The quantitative estimate of drug-likeness (QED) is 0.752. The summed E-state index contributed by atoms with van der Waals surface area (Å²) in [5.74, 6) is 1.08. The molecule has 19 heavy (non-hydrogen) atoms. The minimum atomic E-state index is -2.87. The number of hydrogen-bond donors (Lipinski definition) is 1. The molecule has 0 aliphatic heterocycles. The van der Waals surface area contributed by atoms with Crippen LogP contribution in [-0.2, 0) is 9.84 Å². The van der Waals surface area contributed by atoms with Gasteiger partial charge in [-0.15, -0.1) is 0 Å². The van der Waals surface area contributed by atoms with Crippen LogP contribution in [0.5, 0.6) is 5.75 Å². The Balaban J connectivity index is 2.36. The Hall–Kier alpha value is -1.07. The van der Waals surface area contributed by atoms with Crippen LogP contribution in [0.3, 0.4) is 0 Å². The lowest BCUT2D eigenvalue weighted by Crippen LogP contribution is -2.34. The van der Waals surface area contributed by atoms with Crippen LogP contribution in [0, 0.1) is 0 Å². The van der Waals surface area contributed by atoms with Crippen molar-refractivity contribution in [3.8, 4) is 5.75 Å². The first-order chi connectivity index (χ1) is 9.01. The largest absolute Gasteiger partial charge is 0.492 e. The number of nitrogens with one attached hydrogen (secondary N) is 1. The highest BCUT2D eigenvalue weighted by Crippen LogP contribution is 2.10. The fourth-order valence-electron chi connectivity index (χ4n) is 1.84. The lowest BCUT2D eigenvalue weighted by atomic mass is 10.2. The van der Waals surface area contributed by atoms with E-state index in [1.807, 2.05) is 37.3 Å². The molecule has 0 saturated carbocycles.